The van der Waals surface area contributed by atoms with E-state index >= 15 is 0 Å². The number of hydrogen-bond acceptors (Lipinski definition) is 4. The Labute approximate surface area is 130 Å². The van der Waals surface area contributed by atoms with E-state index in [0.717, 1.165) is 31.4 Å². The Kier molecular flexibility index (Phi) is 3.87. The molecule has 0 amide bonds. The summed E-state index contributed by atoms with van der Waals surface area (Å²) in [4.78, 5) is 15.9. The Balaban J connectivity index is 2.03. The summed E-state index contributed by atoms with van der Waals surface area (Å²) < 4.78 is 48.8. The highest BCUT2D eigenvalue weighted by atomic mass is 19.4. The van der Waals surface area contributed by atoms with Gasteiger partial charge in [-0.1, -0.05) is 12.5 Å². The highest BCUT2D eigenvalue weighted by molar-refractivity contribution is 5.89. The molecule has 1 aliphatic rings. The van der Waals surface area contributed by atoms with Crippen molar-refractivity contribution in [1.82, 2.24) is 4.98 Å². The van der Waals surface area contributed by atoms with E-state index in [1.807, 2.05) is 0 Å². The molecule has 1 fully saturated rings. The van der Waals surface area contributed by atoms with Crippen molar-refractivity contribution < 1.29 is 27.1 Å². The third kappa shape index (κ3) is 2.95. The Bertz CT molecular complexity index is 732. The summed E-state index contributed by atoms with van der Waals surface area (Å²) in [6.07, 6.45) is -1.71. The normalized spacial score (nSPS) is 15.3. The molecule has 2 aromatic rings. The summed E-state index contributed by atoms with van der Waals surface area (Å²) in [5, 5.41) is 0. The van der Waals surface area contributed by atoms with Crippen LogP contribution in [0, 0.1) is 0 Å². The molecule has 0 N–H and O–H groups in total. The molecular weight excluding hydrogens is 311 g/mol. The van der Waals surface area contributed by atoms with Crippen LogP contribution < -0.4 is 0 Å². The standard InChI is InChI=1S/C16H14F3NO3/c1-22-15(21)12-13(9-4-2-5-9)23-14(20-12)10-6-3-7-11(8-10)16(17,18)19/h3,6-9H,2,4-5H2,1H3. The van der Waals surface area contributed by atoms with Gasteiger partial charge in [0.05, 0.1) is 12.7 Å². The van der Waals surface area contributed by atoms with Crippen LogP contribution in [0.3, 0.4) is 0 Å². The number of aromatic nitrogens is 1. The topological polar surface area (TPSA) is 52.3 Å². The van der Waals surface area contributed by atoms with E-state index < -0.39 is 17.7 Å². The van der Waals surface area contributed by atoms with Gasteiger partial charge in [0.2, 0.25) is 5.89 Å². The summed E-state index contributed by atoms with van der Waals surface area (Å²) in [5.74, 6) is -0.182. The second-order valence-electron chi connectivity index (χ2n) is 5.43. The fourth-order valence-corrected chi connectivity index (χ4v) is 2.47. The van der Waals surface area contributed by atoms with Gasteiger partial charge in [-0.3, -0.25) is 0 Å². The van der Waals surface area contributed by atoms with Crippen LogP contribution in [-0.2, 0) is 10.9 Å². The minimum Gasteiger partial charge on any atom is -0.464 e. The second-order valence-corrected chi connectivity index (χ2v) is 5.43. The van der Waals surface area contributed by atoms with Crippen molar-refractivity contribution in [1.29, 1.82) is 0 Å². The highest BCUT2D eigenvalue weighted by Gasteiger charge is 2.33. The van der Waals surface area contributed by atoms with Gasteiger partial charge < -0.3 is 9.15 Å². The molecule has 1 heterocycles. The lowest BCUT2D eigenvalue weighted by Gasteiger charge is -2.23. The maximum absolute atomic E-state index is 12.8. The number of ether oxygens (including phenoxy) is 1. The van der Waals surface area contributed by atoms with E-state index in [9.17, 15) is 18.0 Å². The van der Waals surface area contributed by atoms with Crippen molar-refractivity contribution in [2.24, 2.45) is 0 Å². The zero-order valence-corrected chi connectivity index (χ0v) is 12.3. The van der Waals surface area contributed by atoms with Crippen LogP contribution >= 0.6 is 0 Å². The fraction of sp³-hybridized carbons (Fsp3) is 0.375. The van der Waals surface area contributed by atoms with Crippen molar-refractivity contribution in [3.63, 3.8) is 0 Å². The summed E-state index contributed by atoms with van der Waals surface area (Å²) in [6.45, 7) is 0. The minimum absolute atomic E-state index is 0.00148. The third-order valence-corrected chi connectivity index (χ3v) is 3.94. The number of alkyl halides is 3. The van der Waals surface area contributed by atoms with E-state index in [4.69, 9.17) is 4.42 Å². The molecule has 1 aliphatic carbocycles. The number of esters is 1. The molecule has 23 heavy (non-hydrogen) atoms. The number of oxazole rings is 1. The molecule has 0 atom stereocenters. The molecule has 1 aromatic heterocycles. The molecule has 0 radical (unpaired) electrons. The van der Waals surface area contributed by atoms with Gasteiger partial charge in [-0.05, 0) is 31.0 Å². The lowest BCUT2D eigenvalue weighted by Crippen LogP contribution is -2.13. The first-order valence-electron chi connectivity index (χ1n) is 7.17. The van der Waals surface area contributed by atoms with Gasteiger partial charge in [0.25, 0.3) is 0 Å². The van der Waals surface area contributed by atoms with E-state index in [0.29, 0.717) is 5.76 Å². The van der Waals surface area contributed by atoms with Crippen LogP contribution in [0.2, 0.25) is 0 Å². The number of rotatable bonds is 3. The van der Waals surface area contributed by atoms with Gasteiger partial charge in [0.1, 0.15) is 5.76 Å². The minimum atomic E-state index is -4.45. The van der Waals surface area contributed by atoms with E-state index in [1.54, 1.807) is 0 Å². The highest BCUT2D eigenvalue weighted by Crippen LogP contribution is 2.40. The quantitative estimate of drug-likeness (QED) is 0.784. The molecule has 7 heteroatoms. The first kappa shape index (κ1) is 15.6. The maximum atomic E-state index is 12.8. The lowest BCUT2D eigenvalue weighted by atomic mass is 9.83. The molecule has 4 nitrogen and oxygen atoms in total. The summed E-state index contributed by atoms with van der Waals surface area (Å²) in [5.41, 5.74) is -0.571. The first-order valence-corrected chi connectivity index (χ1v) is 7.17. The average Bonchev–Trinajstić information content (AvgIpc) is 2.88. The Morgan fingerprint density at radius 2 is 2.09 bits per heavy atom. The van der Waals surface area contributed by atoms with Crippen LogP contribution in [0.1, 0.15) is 47.0 Å². The molecule has 0 bridgehead atoms. The Morgan fingerprint density at radius 3 is 2.65 bits per heavy atom. The van der Waals surface area contributed by atoms with E-state index in [-0.39, 0.29) is 23.1 Å². The molecule has 0 spiro atoms. The number of carbonyl (C=O) groups is 1. The molecule has 3 rings (SSSR count). The van der Waals surface area contributed by atoms with Crippen molar-refractivity contribution in [3.05, 3.63) is 41.3 Å². The fourth-order valence-electron chi connectivity index (χ4n) is 2.47. The van der Waals surface area contributed by atoms with Gasteiger partial charge in [-0.15, -0.1) is 0 Å². The number of methoxy groups -OCH3 is 1. The average molecular weight is 325 g/mol. The number of benzene rings is 1. The number of carbonyl (C=O) groups excluding carboxylic acids is 1. The zero-order valence-electron chi connectivity index (χ0n) is 12.3. The molecule has 122 valence electrons. The third-order valence-electron chi connectivity index (χ3n) is 3.94. The SMILES string of the molecule is COC(=O)c1nc(-c2cccc(C(F)(F)F)c2)oc1C1CCC1. The lowest BCUT2D eigenvalue weighted by molar-refractivity contribution is -0.137. The van der Waals surface area contributed by atoms with E-state index in [2.05, 4.69) is 9.72 Å². The number of halogens is 3. The monoisotopic (exact) mass is 325 g/mol. The van der Waals surface area contributed by atoms with Crippen molar-refractivity contribution in [3.8, 4) is 11.5 Å². The van der Waals surface area contributed by atoms with Crippen molar-refractivity contribution in [2.45, 2.75) is 31.4 Å². The van der Waals surface area contributed by atoms with Crippen LogP contribution in [0.5, 0.6) is 0 Å². The predicted molar refractivity (Wildman–Crippen MR) is 74.9 cm³/mol. The Morgan fingerprint density at radius 1 is 1.35 bits per heavy atom. The number of nitrogens with zero attached hydrogens (tertiary/aromatic N) is 1. The summed E-state index contributed by atoms with van der Waals surface area (Å²) >= 11 is 0. The van der Waals surface area contributed by atoms with Gasteiger partial charge >= 0.3 is 12.1 Å². The van der Waals surface area contributed by atoms with Gasteiger partial charge in [0.15, 0.2) is 5.69 Å². The van der Waals surface area contributed by atoms with Crippen LogP contribution in [-0.4, -0.2) is 18.1 Å². The summed E-state index contributed by atoms with van der Waals surface area (Å²) in [7, 11) is 1.23. The Hall–Kier alpha value is -2.31. The molecular formula is C16H14F3NO3. The number of hydrogen-bond donors (Lipinski definition) is 0. The van der Waals surface area contributed by atoms with Gasteiger partial charge in [0, 0.05) is 11.5 Å². The first-order chi connectivity index (χ1) is 10.9. The molecule has 1 saturated carbocycles. The second kappa shape index (κ2) is 5.72. The molecule has 0 unspecified atom stereocenters. The predicted octanol–water partition coefficient (Wildman–Crippen LogP) is 4.41. The molecule has 0 saturated heterocycles. The summed E-state index contributed by atoms with van der Waals surface area (Å²) in [6, 6.07) is 4.67. The van der Waals surface area contributed by atoms with Crippen molar-refractivity contribution in [2.75, 3.05) is 7.11 Å². The molecule has 1 aromatic carbocycles. The van der Waals surface area contributed by atoms with Crippen molar-refractivity contribution >= 4 is 5.97 Å². The van der Waals surface area contributed by atoms with Gasteiger partial charge in [-0.25, -0.2) is 9.78 Å². The molecule has 0 aliphatic heterocycles. The maximum Gasteiger partial charge on any atom is 0.416 e. The van der Waals surface area contributed by atoms with Crippen LogP contribution in [0.4, 0.5) is 13.2 Å². The van der Waals surface area contributed by atoms with Crippen LogP contribution in [0.15, 0.2) is 28.7 Å². The van der Waals surface area contributed by atoms with Gasteiger partial charge in [-0.2, -0.15) is 13.2 Å². The zero-order chi connectivity index (χ0) is 16.6. The van der Waals surface area contributed by atoms with Crippen LogP contribution in [0.25, 0.3) is 11.5 Å². The largest absolute Gasteiger partial charge is 0.464 e. The smallest absolute Gasteiger partial charge is 0.416 e. The van der Waals surface area contributed by atoms with E-state index in [1.165, 1.54) is 19.2 Å².